The maximum Gasteiger partial charge on any atom is 0.256 e. The zero-order valence-electron chi connectivity index (χ0n) is 15.1. The molecule has 1 N–H and O–H groups in total. The van der Waals surface area contributed by atoms with Crippen molar-refractivity contribution in [3.05, 3.63) is 74.5 Å². The molecule has 1 amide bonds. The maximum atomic E-state index is 12.5. The van der Waals surface area contributed by atoms with Crippen LogP contribution in [0.2, 0.25) is 10.2 Å². The van der Waals surface area contributed by atoms with E-state index in [4.69, 9.17) is 23.2 Å². The van der Waals surface area contributed by atoms with Crippen molar-refractivity contribution in [2.45, 2.75) is 20.8 Å². The van der Waals surface area contributed by atoms with Gasteiger partial charge in [-0.3, -0.25) is 4.79 Å². The number of nitrogens with zero attached hydrogens (tertiary/aromatic N) is 2. The maximum absolute atomic E-state index is 12.5. The number of rotatable bonds is 2. The third-order valence-electron chi connectivity index (χ3n) is 4.69. The van der Waals surface area contributed by atoms with Crippen LogP contribution in [0.1, 0.15) is 27.9 Å². The summed E-state index contributed by atoms with van der Waals surface area (Å²) in [5, 5.41) is 8.50. The first kappa shape index (κ1) is 17.8. The average Bonchev–Trinajstić information content (AvgIpc) is 3.07. The van der Waals surface area contributed by atoms with Crippen LogP contribution in [-0.4, -0.2) is 15.7 Å². The van der Waals surface area contributed by atoms with Crippen molar-refractivity contribution in [3.8, 4) is 5.69 Å². The average molecular weight is 398 g/mol. The van der Waals surface area contributed by atoms with Gasteiger partial charge in [0, 0.05) is 21.7 Å². The second-order valence-electron chi connectivity index (χ2n) is 6.69. The van der Waals surface area contributed by atoms with E-state index < -0.39 is 0 Å². The first-order chi connectivity index (χ1) is 12.8. The standard InChI is InChI=1S/C21H17Cl2N3O/c1-11-4-5-12(2)19(8-11)26-20(23)16(13(3)25-26)10-17-15-7-6-14(22)9-18(15)24-21(17)27/h4-10H,1-3H3,(H,24,27). The first-order valence-electron chi connectivity index (χ1n) is 8.51. The lowest BCUT2D eigenvalue weighted by Crippen LogP contribution is -2.03. The van der Waals surface area contributed by atoms with Crippen molar-refractivity contribution >= 4 is 46.4 Å². The Morgan fingerprint density at radius 1 is 1.07 bits per heavy atom. The molecule has 1 aliphatic rings. The molecular weight excluding hydrogens is 381 g/mol. The summed E-state index contributed by atoms with van der Waals surface area (Å²) in [4.78, 5) is 12.5. The van der Waals surface area contributed by atoms with Crippen molar-refractivity contribution in [2.75, 3.05) is 5.32 Å². The molecule has 0 atom stereocenters. The number of hydrogen-bond donors (Lipinski definition) is 1. The van der Waals surface area contributed by atoms with Crippen LogP contribution in [0.4, 0.5) is 5.69 Å². The summed E-state index contributed by atoms with van der Waals surface area (Å²) in [6, 6.07) is 11.5. The van der Waals surface area contributed by atoms with Gasteiger partial charge in [-0.05, 0) is 56.2 Å². The van der Waals surface area contributed by atoms with E-state index in [9.17, 15) is 4.79 Å². The molecule has 27 heavy (non-hydrogen) atoms. The number of halogens is 2. The van der Waals surface area contributed by atoms with Gasteiger partial charge in [-0.25, -0.2) is 4.68 Å². The van der Waals surface area contributed by atoms with Gasteiger partial charge >= 0.3 is 0 Å². The van der Waals surface area contributed by atoms with Gasteiger partial charge in [-0.15, -0.1) is 0 Å². The Morgan fingerprint density at radius 2 is 1.85 bits per heavy atom. The van der Waals surface area contributed by atoms with Crippen LogP contribution in [0, 0.1) is 20.8 Å². The van der Waals surface area contributed by atoms with Gasteiger partial charge in [-0.1, -0.05) is 41.4 Å². The minimum atomic E-state index is -0.179. The molecule has 2 heterocycles. The lowest BCUT2D eigenvalue weighted by atomic mass is 10.0. The molecule has 4 rings (SSSR count). The van der Waals surface area contributed by atoms with Gasteiger partial charge in [0.2, 0.25) is 0 Å². The predicted molar refractivity (Wildman–Crippen MR) is 111 cm³/mol. The Morgan fingerprint density at radius 3 is 2.63 bits per heavy atom. The molecule has 136 valence electrons. The Kier molecular flexibility index (Phi) is 4.33. The van der Waals surface area contributed by atoms with E-state index in [1.807, 2.05) is 39.0 Å². The van der Waals surface area contributed by atoms with Crippen molar-refractivity contribution in [1.82, 2.24) is 9.78 Å². The van der Waals surface area contributed by atoms with E-state index in [1.165, 1.54) is 0 Å². The van der Waals surface area contributed by atoms with Gasteiger partial charge in [-0.2, -0.15) is 5.10 Å². The molecule has 0 unspecified atom stereocenters. The predicted octanol–water partition coefficient (Wildman–Crippen LogP) is 5.60. The third-order valence-corrected chi connectivity index (χ3v) is 5.29. The highest BCUT2D eigenvalue weighted by atomic mass is 35.5. The number of benzene rings is 2. The number of carbonyl (C=O) groups excluding carboxylic acids is 1. The Labute approximate surface area is 167 Å². The van der Waals surface area contributed by atoms with Crippen molar-refractivity contribution in [2.24, 2.45) is 0 Å². The highest BCUT2D eigenvalue weighted by Crippen LogP contribution is 2.37. The molecule has 0 saturated heterocycles. The van der Waals surface area contributed by atoms with Crippen LogP contribution in [0.3, 0.4) is 0 Å². The minimum absolute atomic E-state index is 0.179. The molecular formula is C21H17Cl2N3O. The molecule has 0 radical (unpaired) electrons. The van der Waals surface area contributed by atoms with Gasteiger partial charge in [0.25, 0.3) is 5.91 Å². The summed E-state index contributed by atoms with van der Waals surface area (Å²) < 4.78 is 1.72. The van der Waals surface area contributed by atoms with Crippen LogP contribution < -0.4 is 5.32 Å². The number of hydrogen-bond acceptors (Lipinski definition) is 2. The van der Waals surface area contributed by atoms with Gasteiger partial charge < -0.3 is 5.32 Å². The van der Waals surface area contributed by atoms with E-state index in [-0.39, 0.29) is 5.91 Å². The molecule has 0 fully saturated rings. The molecule has 1 aliphatic heterocycles. The Balaban J connectivity index is 1.85. The Hall–Kier alpha value is -2.56. The summed E-state index contributed by atoms with van der Waals surface area (Å²) in [7, 11) is 0. The second-order valence-corrected chi connectivity index (χ2v) is 7.49. The van der Waals surface area contributed by atoms with Crippen LogP contribution in [0.5, 0.6) is 0 Å². The lowest BCUT2D eigenvalue weighted by molar-refractivity contribution is -0.110. The SMILES string of the molecule is Cc1ccc(C)c(-n2nc(C)c(C=C3C(=O)Nc4cc(Cl)ccc43)c2Cl)c1. The minimum Gasteiger partial charge on any atom is -0.321 e. The molecule has 6 heteroatoms. The van der Waals surface area contributed by atoms with Crippen LogP contribution in [0.15, 0.2) is 36.4 Å². The van der Waals surface area contributed by atoms with E-state index in [0.717, 1.165) is 33.6 Å². The molecule has 1 aromatic heterocycles. The monoisotopic (exact) mass is 397 g/mol. The lowest BCUT2D eigenvalue weighted by Gasteiger charge is -2.08. The quantitative estimate of drug-likeness (QED) is 0.572. The fourth-order valence-corrected chi connectivity index (χ4v) is 3.73. The summed E-state index contributed by atoms with van der Waals surface area (Å²) in [5.74, 6) is -0.179. The van der Waals surface area contributed by atoms with Crippen LogP contribution >= 0.6 is 23.2 Å². The summed E-state index contributed by atoms with van der Waals surface area (Å²) >= 11 is 12.7. The number of nitrogens with one attached hydrogen (secondary N) is 1. The van der Waals surface area contributed by atoms with E-state index in [2.05, 4.69) is 16.5 Å². The largest absolute Gasteiger partial charge is 0.321 e. The molecule has 0 aliphatic carbocycles. The third kappa shape index (κ3) is 3.05. The topological polar surface area (TPSA) is 46.9 Å². The molecule has 0 spiro atoms. The fraction of sp³-hybridized carbons (Fsp3) is 0.143. The van der Waals surface area contributed by atoms with E-state index >= 15 is 0 Å². The number of fused-ring (bicyclic) bond motifs is 1. The van der Waals surface area contributed by atoms with Crippen molar-refractivity contribution in [3.63, 3.8) is 0 Å². The fourth-order valence-electron chi connectivity index (χ4n) is 3.24. The van der Waals surface area contributed by atoms with Gasteiger partial charge in [0.1, 0.15) is 5.15 Å². The highest BCUT2D eigenvalue weighted by Gasteiger charge is 2.26. The summed E-state index contributed by atoms with van der Waals surface area (Å²) in [6.07, 6.45) is 1.79. The van der Waals surface area contributed by atoms with Crippen molar-refractivity contribution < 1.29 is 4.79 Å². The second kappa shape index (κ2) is 6.55. The molecule has 2 aromatic carbocycles. The number of carbonyl (C=O) groups is 1. The zero-order valence-corrected chi connectivity index (χ0v) is 16.6. The molecule has 3 aromatic rings. The van der Waals surface area contributed by atoms with E-state index in [0.29, 0.717) is 21.4 Å². The molecule has 0 bridgehead atoms. The number of amides is 1. The smallest absolute Gasteiger partial charge is 0.256 e. The normalized spacial score (nSPS) is 14.6. The van der Waals surface area contributed by atoms with Gasteiger partial charge in [0.15, 0.2) is 0 Å². The molecule has 0 saturated carbocycles. The van der Waals surface area contributed by atoms with E-state index in [1.54, 1.807) is 22.9 Å². The summed E-state index contributed by atoms with van der Waals surface area (Å²) in [6.45, 7) is 5.93. The Bertz CT molecular complexity index is 1130. The van der Waals surface area contributed by atoms with Crippen LogP contribution in [0.25, 0.3) is 17.3 Å². The number of aryl methyl sites for hydroxylation is 3. The zero-order chi connectivity index (χ0) is 19.3. The number of anilines is 1. The highest BCUT2D eigenvalue weighted by molar-refractivity contribution is 6.38. The number of aromatic nitrogens is 2. The van der Waals surface area contributed by atoms with Crippen LogP contribution in [-0.2, 0) is 4.79 Å². The van der Waals surface area contributed by atoms with Gasteiger partial charge in [0.05, 0.1) is 17.1 Å². The first-order valence-corrected chi connectivity index (χ1v) is 9.26. The van der Waals surface area contributed by atoms with Crippen molar-refractivity contribution in [1.29, 1.82) is 0 Å². The molecule has 4 nitrogen and oxygen atoms in total. The summed E-state index contributed by atoms with van der Waals surface area (Å²) in [5.41, 5.74) is 6.66.